The van der Waals surface area contributed by atoms with E-state index >= 15 is 0 Å². The van der Waals surface area contributed by atoms with E-state index in [0.717, 1.165) is 17.8 Å². The highest BCUT2D eigenvalue weighted by atomic mass is 32.2. The zero-order valence-corrected chi connectivity index (χ0v) is 13.2. The lowest BCUT2D eigenvalue weighted by Crippen LogP contribution is -2.26. The minimum absolute atomic E-state index is 0.308. The quantitative estimate of drug-likeness (QED) is 0.822. The molecule has 20 heavy (non-hydrogen) atoms. The number of nitrogens with zero attached hydrogens (tertiary/aromatic N) is 1. The lowest BCUT2D eigenvalue weighted by Gasteiger charge is -2.15. The lowest BCUT2D eigenvalue weighted by atomic mass is 10.3. The number of H-pyrrole nitrogens is 1. The number of sulfonamides is 1. The van der Waals surface area contributed by atoms with Crippen molar-refractivity contribution in [2.75, 3.05) is 13.6 Å². The molecule has 0 amide bonds. The second-order valence-corrected chi connectivity index (χ2v) is 7.36. The van der Waals surface area contributed by atoms with Gasteiger partial charge in [-0.2, -0.15) is 15.6 Å². The van der Waals surface area contributed by atoms with E-state index in [1.54, 1.807) is 30.6 Å². The van der Waals surface area contributed by atoms with Gasteiger partial charge in [0.15, 0.2) is 0 Å². The van der Waals surface area contributed by atoms with E-state index in [1.165, 1.54) is 4.31 Å². The molecule has 2 N–H and O–H groups in total. The zero-order chi connectivity index (χ0) is 14.6. The minimum Gasteiger partial charge on any atom is -0.363 e. The molecule has 0 aliphatic rings. The van der Waals surface area contributed by atoms with Gasteiger partial charge in [0, 0.05) is 32.0 Å². The van der Waals surface area contributed by atoms with Gasteiger partial charge in [0.25, 0.3) is 0 Å². The Morgan fingerprint density at radius 3 is 2.90 bits per heavy atom. The summed E-state index contributed by atoms with van der Waals surface area (Å²) in [5.74, 6) is 0. The Labute approximate surface area is 123 Å². The molecule has 2 aromatic heterocycles. The first-order valence-corrected chi connectivity index (χ1v) is 8.77. The van der Waals surface area contributed by atoms with Crippen LogP contribution in [0, 0.1) is 0 Å². The SMILES string of the molecule is CCNCc1cc(S(=O)(=O)N(C)Cc2ccsc2)c[nH]1. The fourth-order valence-corrected chi connectivity index (χ4v) is 3.67. The molecule has 0 bridgehead atoms. The average molecular weight is 313 g/mol. The van der Waals surface area contributed by atoms with Crippen molar-refractivity contribution in [3.63, 3.8) is 0 Å². The predicted octanol–water partition coefficient (Wildman–Crippen LogP) is 2.01. The van der Waals surface area contributed by atoms with E-state index in [4.69, 9.17) is 0 Å². The summed E-state index contributed by atoms with van der Waals surface area (Å²) in [6, 6.07) is 3.62. The second kappa shape index (κ2) is 6.53. The maximum Gasteiger partial charge on any atom is 0.244 e. The van der Waals surface area contributed by atoms with Crippen LogP contribution in [0.1, 0.15) is 18.2 Å². The molecule has 0 aliphatic heterocycles. The second-order valence-electron chi connectivity index (χ2n) is 4.53. The molecule has 2 heterocycles. The first kappa shape index (κ1) is 15.2. The van der Waals surface area contributed by atoms with Gasteiger partial charge in [-0.3, -0.25) is 0 Å². The third-order valence-corrected chi connectivity index (χ3v) is 5.49. The van der Waals surface area contributed by atoms with Crippen LogP contribution in [-0.2, 0) is 23.1 Å². The summed E-state index contributed by atoms with van der Waals surface area (Å²) in [6.45, 7) is 3.88. The van der Waals surface area contributed by atoms with Crippen molar-refractivity contribution in [1.82, 2.24) is 14.6 Å². The Bertz CT molecular complexity index is 632. The van der Waals surface area contributed by atoms with Gasteiger partial charge in [-0.15, -0.1) is 0 Å². The van der Waals surface area contributed by atoms with Crippen molar-refractivity contribution in [1.29, 1.82) is 0 Å². The number of aromatic nitrogens is 1. The van der Waals surface area contributed by atoms with Crippen LogP contribution in [0.25, 0.3) is 0 Å². The van der Waals surface area contributed by atoms with Crippen molar-refractivity contribution in [2.45, 2.75) is 24.9 Å². The third-order valence-electron chi connectivity index (χ3n) is 2.98. The molecule has 0 radical (unpaired) electrons. The fourth-order valence-electron chi connectivity index (χ4n) is 1.83. The van der Waals surface area contributed by atoms with E-state index < -0.39 is 10.0 Å². The van der Waals surface area contributed by atoms with Crippen LogP contribution < -0.4 is 5.32 Å². The average Bonchev–Trinajstić information content (AvgIpc) is 3.07. The number of hydrogen-bond acceptors (Lipinski definition) is 4. The normalized spacial score (nSPS) is 12.2. The molecule has 0 spiro atoms. The summed E-state index contributed by atoms with van der Waals surface area (Å²) in [6.07, 6.45) is 1.55. The number of thiophene rings is 1. The van der Waals surface area contributed by atoms with Crippen molar-refractivity contribution >= 4 is 21.4 Å². The molecule has 0 saturated heterocycles. The minimum atomic E-state index is -3.44. The van der Waals surface area contributed by atoms with E-state index in [9.17, 15) is 8.42 Å². The van der Waals surface area contributed by atoms with Crippen LogP contribution in [0.5, 0.6) is 0 Å². The van der Waals surface area contributed by atoms with E-state index in [0.29, 0.717) is 18.0 Å². The van der Waals surface area contributed by atoms with Crippen LogP contribution in [-0.4, -0.2) is 31.3 Å². The maximum atomic E-state index is 12.4. The highest BCUT2D eigenvalue weighted by Crippen LogP contribution is 2.18. The van der Waals surface area contributed by atoms with Crippen LogP contribution in [0.3, 0.4) is 0 Å². The standard InChI is InChI=1S/C13H19N3O2S2/c1-3-14-7-12-6-13(8-15-12)20(17,18)16(2)9-11-4-5-19-10-11/h4-6,8,10,14-15H,3,7,9H2,1-2H3. The Morgan fingerprint density at radius 2 is 2.25 bits per heavy atom. The lowest BCUT2D eigenvalue weighted by molar-refractivity contribution is 0.467. The Hall–Kier alpha value is -1.15. The predicted molar refractivity (Wildman–Crippen MR) is 81.1 cm³/mol. The summed E-state index contributed by atoms with van der Waals surface area (Å²) in [4.78, 5) is 3.30. The summed E-state index contributed by atoms with van der Waals surface area (Å²) in [5.41, 5.74) is 1.87. The highest BCUT2D eigenvalue weighted by molar-refractivity contribution is 7.89. The van der Waals surface area contributed by atoms with Gasteiger partial charge in [0.1, 0.15) is 0 Å². The molecule has 0 aromatic carbocycles. The van der Waals surface area contributed by atoms with Crippen molar-refractivity contribution in [3.05, 3.63) is 40.3 Å². The zero-order valence-electron chi connectivity index (χ0n) is 11.6. The number of hydrogen-bond donors (Lipinski definition) is 2. The molecule has 0 atom stereocenters. The van der Waals surface area contributed by atoms with Crippen molar-refractivity contribution < 1.29 is 8.42 Å². The summed E-state index contributed by atoms with van der Waals surface area (Å²) < 4.78 is 26.2. The molecular weight excluding hydrogens is 294 g/mol. The summed E-state index contributed by atoms with van der Waals surface area (Å²) in [7, 11) is -1.84. The summed E-state index contributed by atoms with van der Waals surface area (Å²) >= 11 is 1.57. The molecule has 5 nitrogen and oxygen atoms in total. The smallest absolute Gasteiger partial charge is 0.244 e. The monoisotopic (exact) mass is 313 g/mol. The highest BCUT2D eigenvalue weighted by Gasteiger charge is 2.22. The van der Waals surface area contributed by atoms with Crippen LogP contribution in [0.2, 0.25) is 0 Å². The molecule has 0 aliphatic carbocycles. The van der Waals surface area contributed by atoms with Gasteiger partial charge in [-0.05, 0) is 35.0 Å². The van der Waals surface area contributed by atoms with Gasteiger partial charge in [0.2, 0.25) is 10.0 Å². The van der Waals surface area contributed by atoms with Gasteiger partial charge < -0.3 is 10.3 Å². The van der Waals surface area contributed by atoms with Crippen molar-refractivity contribution in [3.8, 4) is 0 Å². The van der Waals surface area contributed by atoms with Crippen LogP contribution >= 0.6 is 11.3 Å². The Balaban J connectivity index is 2.10. The molecule has 0 saturated carbocycles. The molecule has 7 heteroatoms. The van der Waals surface area contributed by atoms with Crippen molar-refractivity contribution in [2.24, 2.45) is 0 Å². The Kier molecular flexibility index (Phi) is 4.98. The molecule has 110 valence electrons. The number of aromatic amines is 1. The maximum absolute atomic E-state index is 12.4. The Morgan fingerprint density at radius 1 is 1.45 bits per heavy atom. The number of nitrogens with one attached hydrogen (secondary N) is 2. The van der Waals surface area contributed by atoms with E-state index in [-0.39, 0.29) is 0 Å². The third kappa shape index (κ3) is 3.49. The first-order valence-electron chi connectivity index (χ1n) is 6.39. The van der Waals surface area contributed by atoms with Gasteiger partial charge >= 0.3 is 0 Å². The van der Waals surface area contributed by atoms with Crippen LogP contribution in [0.4, 0.5) is 0 Å². The fraction of sp³-hybridized carbons (Fsp3) is 0.385. The summed E-state index contributed by atoms with van der Waals surface area (Å²) in [5, 5.41) is 7.06. The molecular formula is C13H19N3O2S2. The van der Waals surface area contributed by atoms with Crippen LogP contribution in [0.15, 0.2) is 34.0 Å². The first-order chi connectivity index (χ1) is 9.54. The van der Waals surface area contributed by atoms with E-state index in [1.807, 2.05) is 23.8 Å². The molecule has 2 rings (SSSR count). The topological polar surface area (TPSA) is 65.2 Å². The van der Waals surface area contributed by atoms with Gasteiger partial charge in [-0.1, -0.05) is 6.92 Å². The molecule has 0 fully saturated rings. The van der Waals surface area contributed by atoms with Gasteiger partial charge in [0.05, 0.1) is 4.90 Å². The van der Waals surface area contributed by atoms with E-state index in [2.05, 4.69) is 10.3 Å². The number of rotatable bonds is 7. The molecule has 0 unspecified atom stereocenters. The largest absolute Gasteiger partial charge is 0.363 e. The van der Waals surface area contributed by atoms with Gasteiger partial charge in [-0.25, -0.2) is 8.42 Å². The molecule has 2 aromatic rings.